The molecule has 0 N–H and O–H groups in total. The Kier molecular flexibility index (Phi) is 7.04. The monoisotopic (exact) mass is 446 g/mol. The molecule has 2 unspecified atom stereocenters. The summed E-state index contributed by atoms with van der Waals surface area (Å²) in [7, 11) is 0. The van der Waals surface area contributed by atoms with Crippen molar-refractivity contribution in [2.45, 2.75) is 76.7 Å². The first-order chi connectivity index (χ1) is 15.5. The van der Waals surface area contributed by atoms with Crippen molar-refractivity contribution in [3.8, 4) is 11.1 Å². The second-order valence-electron chi connectivity index (χ2n) is 9.06. The maximum absolute atomic E-state index is 15.2. The summed E-state index contributed by atoms with van der Waals surface area (Å²) in [5.74, 6) is -4.37. The molecule has 2 aromatic rings. The van der Waals surface area contributed by atoms with Crippen molar-refractivity contribution in [1.82, 2.24) is 0 Å². The van der Waals surface area contributed by atoms with E-state index in [-0.39, 0.29) is 40.7 Å². The van der Waals surface area contributed by atoms with Crippen LogP contribution in [0.5, 0.6) is 0 Å². The summed E-state index contributed by atoms with van der Waals surface area (Å²) < 4.78 is 65.7. The molecular weight excluding hydrogens is 416 g/mol. The number of allylic oxidation sites excluding steroid dienone is 1. The largest absolute Gasteiger partial charge is 0.378 e. The third-order valence-electron chi connectivity index (χ3n) is 6.87. The van der Waals surface area contributed by atoms with Gasteiger partial charge in [-0.05, 0) is 60.8 Å². The van der Waals surface area contributed by atoms with Crippen molar-refractivity contribution < 1.29 is 22.3 Å². The molecule has 0 amide bonds. The maximum Gasteiger partial charge on any atom is 0.167 e. The van der Waals surface area contributed by atoms with Gasteiger partial charge in [-0.1, -0.05) is 44.4 Å². The molecule has 0 bridgehead atoms. The molecule has 0 aromatic heterocycles. The van der Waals surface area contributed by atoms with Crippen molar-refractivity contribution in [1.29, 1.82) is 0 Å². The van der Waals surface area contributed by atoms with Crippen LogP contribution in [0, 0.1) is 23.3 Å². The molecule has 1 fully saturated rings. The van der Waals surface area contributed by atoms with Gasteiger partial charge in [-0.3, -0.25) is 0 Å². The molecule has 32 heavy (non-hydrogen) atoms. The number of ether oxygens (including phenoxy) is 1. The smallest absolute Gasteiger partial charge is 0.167 e. The fraction of sp³-hybridized carbons (Fsp3) is 0.481. The Labute approximate surface area is 187 Å². The highest BCUT2D eigenvalue weighted by atomic mass is 19.2. The van der Waals surface area contributed by atoms with Crippen LogP contribution in [-0.4, -0.2) is 12.7 Å². The molecule has 2 aliphatic rings. The first kappa shape index (κ1) is 23.0. The molecule has 5 heteroatoms. The van der Waals surface area contributed by atoms with E-state index in [4.69, 9.17) is 4.74 Å². The van der Waals surface area contributed by atoms with E-state index in [1.54, 1.807) is 18.2 Å². The normalized spacial score (nSPS) is 19.7. The van der Waals surface area contributed by atoms with Gasteiger partial charge in [0.05, 0.1) is 12.7 Å². The number of hydrogen-bond donors (Lipinski definition) is 0. The molecule has 172 valence electrons. The Morgan fingerprint density at radius 2 is 1.69 bits per heavy atom. The van der Waals surface area contributed by atoms with Crippen LogP contribution < -0.4 is 0 Å². The fourth-order valence-electron chi connectivity index (χ4n) is 5.10. The summed E-state index contributed by atoms with van der Waals surface area (Å²) in [5, 5.41) is 0. The van der Waals surface area contributed by atoms with Gasteiger partial charge in [-0.2, -0.15) is 0 Å². The molecule has 1 nitrogen and oxygen atoms in total. The van der Waals surface area contributed by atoms with Crippen LogP contribution in [0.25, 0.3) is 11.1 Å². The average Bonchev–Trinajstić information content (AvgIpc) is 3.17. The lowest BCUT2D eigenvalue weighted by molar-refractivity contribution is -0.00278. The lowest BCUT2D eigenvalue weighted by Gasteiger charge is -2.30. The summed E-state index contributed by atoms with van der Waals surface area (Å²) in [6, 6.07) is 3.22. The first-order valence-corrected chi connectivity index (χ1v) is 11.7. The number of hydrogen-bond acceptors (Lipinski definition) is 1. The van der Waals surface area contributed by atoms with Crippen LogP contribution in [0.4, 0.5) is 17.6 Å². The van der Waals surface area contributed by atoms with E-state index in [0.717, 1.165) is 32.1 Å². The Morgan fingerprint density at radius 1 is 0.969 bits per heavy atom. The van der Waals surface area contributed by atoms with Crippen molar-refractivity contribution >= 4 is 0 Å². The molecule has 1 aliphatic heterocycles. The Hall–Kier alpha value is -2.14. The van der Waals surface area contributed by atoms with Gasteiger partial charge in [-0.15, -0.1) is 6.58 Å². The quantitative estimate of drug-likeness (QED) is 0.195. The van der Waals surface area contributed by atoms with Crippen LogP contribution in [0.2, 0.25) is 0 Å². The zero-order valence-electron chi connectivity index (χ0n) is 18.6. The summed E-state index contributed by atoms with van der Waals surface area (Å²) in [5.41, 5.74) is 1.27. The lowest BCUT2D eigenvalue weighted by atomic mass is 9.87. The SMILES string of the molecule is C=CCCc1cc2c(c(F)c1F)-c1c(cc(C3CCC(CCCCC)OC3)c(F)c1F)C2. The van der Waals surface area contributed by atoms with Crippen LogP contribution >= 0.6 is 0 Å². The number of fused-ring (bicyclic) bond motifs is 3. The average molecular weight is 447 g/mol. The van der Waals surface area contributed by atoms with Gasteiger partial charge in [0, 0.05) is 17.0 Å². The summed E-state index contributed by atoms with van der Waals surface area (Å²) in [6.07, 6.45) is 8.88. The molecule has 1 aliphatic carbocycles. The molecule has 1 saturated heterocycles. The summed E-state index contributed by atoms with van der Waals surface area (Å²) in [6.45, 7) is 6.12. The van der Waals surface area contributed by atoms with Gasteiger partial charge in [0.1, 0.15) is 0 Å². The minimum atomic E-state index is -1.10. The topological polar surface area (TPSA) is 9.23 Å². The van der Waals surface area contributed by atoms with Gasteiger partial charge < -0.3 is 4.74 Å². The van der Waals surface area contributed by atoms with E-state index in [1.165, 1.54) is 6.42 Å². The first-order valence-electron chi connectivity index (χ1n) is 11.7. The number of benzene rings is 2. The Morgan fingerprint density at radius 3 is 2.34 bits per heavy atom. The zero-order valence-corrected chi connectivity index (χ0v) is 18.6. The Bertz CT molecular complexity index is 1010. The number of unbranched alkanes of at least 4 members (excludes halogenated alkanes) is 2. The second-order valence-corrected chi connectivity index (χ2v) is 9.06. The molecular formula is C27H30F4O. The minimum Gasteiger partial charge on any atom is -0.378 e. The molecule has 0 spiro atoms. The fourth-order valence-corrected chi connectivity index (χ4v) is 5.10. The molecule has 2 aromatic carbocycles. The standard InChI is InChI=1S/C27H30F4O/c1-3-5-7-9-20-11-10-17(15-32-20)21-14-19-13-18-12-16(8-6-4-2)24(28)26(30)22(18)23(19)27(31)25(21)29/h4,12,14,17,20H,2-3,5-11,13,15H2,1H3. The lowest BCUT2D eigenvalue weighted by Crippen LogP contribution is -2.25. The number of halogens is 4. The predicted molar refractivity (Wildman–Crippen MR) is 119 cm³/mol. The van der Waals surface area contributed by atoms with E-state index in [2.05, 4.69) is 13.5 Å². The van der Waals surface area contributed by atoms with E-state index in [0.29, 0.717) is 30.6 Å². The van der Waals surface area contributed by atoms with Crippen LogP contribution in [0.3, 0.4) is 0 Å². The van der Waals surface area contributed by atoms with Crippen molar-refractivity contribution in [3.63, 3.8) is 0 Å². The molecule has 1 heterocycles. The highest BCUT2D eigenvalue weighted by molar-refractivity contribution is 5.79. The van der Waals surface area contributed by atoms with Gasteiger partial charge in [0.15, 0.2) is 23.3 Å². The van der Waals surface area contributed by atoms with E-state index >= 15 is 8.78 Å². The predicted octanol–water partition coefficient (Wildman–Crippen LogP) is 7.78. The minimum absolute atomic E-state index is 0.137. The third-order valence-corrected chi connectivity index (χ3v) is 6.87. The maximum atomic E-state index is 15.2. The van der Waals surface area contributed by atoms with Crippen LogP contribution in [0.1, 0.15) is 80.0 Å². The second kappa shape index (κ2) is 9.78. The molecule has 4 rings (SSSR count). The number of aryl methyl sites for hydroxylation is 1. The Balaban J connectivity index is 1.60. The highest BCUT2D eigenvalue weighted by Crippen LogP contribution is 2.45. The molecule has 0 radical (unpaired) electrons. The number of rotatable bonds is 8. The van der Waals surface area contributed by atoms with Gasteiger partial charge in [-0.25, -0.2) is 17.6 Å². The van der Waals surface area contributed by atoms with E-state index in [1.807, 2.05) is 0 Å². The molecule has 2 atom stereocenters. The van der Waals surface area contributed by atoms with Crippen LogP contribution in [0.15, 0.2) is 24.8 Å². The van der Waals surface area contributed by atoms with E-state index in [9.17, 15) is 8.78 Å². The summed E-state index contributed by atoms with van der Waals surface area (Å²) >= 11 is 0. The van der Waals surface area contributed by atoms with Gasteiger partial charge in [0.25, 0.3) is 0 Å². The van der Waals surface area contributed by atoms with E-state index < -0.39 is 23.3 Å². The van der Waals surface area contributed by atoms with Crippen molar-refractivity contribution in [3.05, 3.63) is 70.3 Å². The van der Waals surface area contributed by atoms with Crippen molar-refractivity contribution in [2.75, 3.05) is 6.61 Å². The van der Waals surface area contributed by atoms with Crippen molar-refractivity contribution in [2.24, 2.45) is 0 Å². The van der Waals surface area contributed by atoms with Gasteiger partial charge in [0.2, 0.25) is 0 Å². The molecule has 0 saturated carbocycles. The third kappa shape index (κ3) is 4.24. The summed E-state index contributed by atoms with van der Waals surface area (Å²) in [4.78, 5) is 0. The van der Waals surface area contributed by atoms with Gasteiger partial charge >= 0.3 is 0 Å². The zero-order chi connectivity index (χ0) is 22.8. The van der Waals surface area contributed by atoms with Crippen LogP contribution in [-0.2, 0) is 17.6 Å². The highest BCUT2D eigenvalue weighted by Gasteiger charge is 2.34.